The highest BCUT2D eigenvalue weighted by atomic mass is 31.3. The molecule has 8 rings (SSSR count). The largest absolute Gasteiger partial charge is 0.481 e. The Morgan fingerprint density at radius 2 is 0.900 bits per heavy atom. The second kappa shape index (κ2) is 47.4. The average molecular weight is 2000 g/mol. The number of carboxylic acids is 2. The highest BCUT2D eigenvalue weighted by molar-refractivity contribution is 7.61. The summed E-state index contributed by atoms with van der Waals surface area (Å²) in [5.41, 5.74) is 10.7. The van der Waals surface area contributed by atoms with Gasteiger partial charge in [-0.2, -0.15) is 4.31 Å². The van der Waals surface area contributed by atoms with E-state index in [-0.39, 0.29) is 0 Å². The molecule has 38 N–H and O–H groups in total. The summed E-state index contributed by atoms with van der Waals surface area (Å²) < 4.78 is 167. The van der Waals surface area contributed by atoms with Crippen LogP contribution in [0.15, 0.2) is 0 Å². The molecule has 0 radical (unpaired) electrons. The molecule has 0 aromatic carbocycles. The minimum atomic E-state index is -6.42. The molecule has 0 aromatic heterocycles. The maximum Gasteiger partial charge on any atom is 0.481 e. The molecule has 8 heterocycles. The van der Waals surface area contributed by atoms with Crippen molar-refractivity contribution in [3.8, 4) is 0 Å². The Labute approximate surface area is 729 Å². The molecular weight excluding hydrogens is 1890 g/mol. The summed E-state index contributed by atoms with van der Waals surface area (Å²) in [5.74, 6) is -12.8. The molecule has 760 valence electrons. The molecule has 130 heavy (non-hydrogen) atoms. The number of carbonyl (C=O) groups excluding carboxylic acids is 1. The van der Waals surface area contributed by atoms with Gasteiger partial charge >= 0.3 is 43.2 Å². The number of phosphoric ester groups is 4. The van der Waals surface area contributed by atoms with Gasteiger partial charge in [0.2, 0.25) is 5.91 Å². The monoisotopic (exact) mass is 2000 g/mol. The number of ether oxygens (including phenoxy) is 15. The number of carbonyl (C=O) groups is 3. The van der Waals surface area contributed by atoms with Crippen LogP contribution in [0.4, 0.5) is 0 Å². The molecule has 8 fully saturated rings. The number of amides is 1. The molecule has 0 aliphatic carbocycles. The fraction of sp³-hybridized carbons (Fsp3) is 0.952. The van der Waals surface area contributed by atoms with Crippen molar-refractivity contribution in [1.82, 2.24) is 5.32 Å². The molecule has 68 heteroatoms. The third-order valence-electron chi connectivity index (χ3n) is 21.3. The first-order valence-electron chi connectivity index (χ1n) is 38.9. The van der Waals surface area contributed by atoms with E-state index in [0.717, 1.165) is 6.92 Å². The van der Waals surface area contributed by atoms with Gasteiger partial charge in [0.1, 0.15) is 208 Å². The van der Waals surface area contributed by atoms with E-state index in [9.17, 15) is 200 Å². The van der Waals surface area contributed by atoms with Crippen LogP contribution in [0.1, 0.15) is 19.8 Å². The number of aliphatic hydroxyl groups is 26. The lowest BCUT2D eigenvalue weighted by atomic mass is 9.88. The molecule has 8 aliphatic heterocycles. The summed E-state index contributed by atoms with van der Waals surface area (Å²) in [6, 6.07) is -1.81. The van der Waals surface area contributed by atoms with Crippen LogP contribution in [-0.2, 0) is 131 Å². The number of hydrogen-bond donors (Lipinski definition) is 36. The SMILES string of the molecule is CC(=O)N[C@H]1[C@H]([C@H](O)[C@H](O)CO)O[C@@](O[C@H]2[C@@H](O)[C@@H](CO)O[C@@H](O[C@H]3[C@H](O)[C@@H](O)[C@H](O[C@@H]4[C@@H](O[C@@H]5[C@@H](O[C@@H]6[C@H](O)[C@@H](O[C@H]7[C@@H]([C@H](O)CO)O[C@@](O)(C(=O)O)C[C@H]7OP(=O)(O)OP(=O)(O)OCCN)O[C@H]([C@@H](O)CO)[C@H]6O[C@@H]6O[C@H](COP(=O)(O)O)[C@@H](O)[C@H](O)[C@H]6O)O[C@H]([C@H](CO)OP(=O)(O)OCCN)[C@@H](O)[C@@H]5O)O[C@H]([C@@H](O)CO)[C@@H](O)[C@@H]4O)O[C@@H]3CO)[C@@H]2O)(C(=O)O)C[C@@H]1O. The number of nitrogens with one attached hydrogen (secondary N) is 1. The van der Waals surface area contributed by atoms with Gasteiger partial charge in [-0.1, -0.05) is 0 Å². The average Bonchev–Trinajstić information content (AvgIpc) is 0.755. The summed E-state index contributed by atoms with van der Waals surface area (Å²) in [5, 5.41) is 318. The first-order valence-corrected chi connectivity index (χ1v) is 45.0. The lowest BCUT2D eigenvalue weighted by Gasteiger charge is -2.53. The van der Waals surface area contributed by atoms with Gasteiger partial charge in [-0.3, -0.25) is 27.4 Å². The molecular formula is C62H111N3O61P4. The molecule has 3 unspecified atom stereocenters. The number of nitrogens with two attached hydrogens (primary N) is 2. The molecule has 0 bridgehead atoms. The van der Waals surface area contributed by atoms with Gasteiger partial charge in [-0.15, -0.1) is 0 Å². The maximum atomic E-state index is 13.8. The van der Waals surface area contributed by atoms with E-state index < -0.39 is 410 Å². The first kappa shape index (κ1) is 112. The summed E-state index contributed by atoms with van der Waals surface area (Å²) in [4.78, 5) is 89.5. The Morgan fingerprint density at radius 3 is 1.43 bits per heavy atom. The van der Waals surface area contributed by atoms with Crippen LogP contribution >= 0.6 is 31.3 Å². The van der Waals surface area contributed by atoms with Gasteiger partial charge in [0.25, 0.3) is 11.6 Å². The number of hydrogen-bond acceptors (Lipinski definition) is 56. The van der Waals surface area contributed by atoms with E-state index in [1.165, 1.54) is 0 Å². The fourth-order valence-electron chi connectivity index (χ4n) is 14.8. The zero-order chi connectivity index (χ0) is 97.4. The zero-order valence-electron chi connectivity index (χ0n) is 67.3. The van der Waals surface area contributed by atoms with Crippen LogP contribution < -0.4 is 16.8 Å². The quantitative estimate of drug-likeness (QED) is 0.0252. The zero-order valence-corrected chi connectivity index (χ0v) is 70.9. The minimum Gasteiger partial charge on any atom is -0.477 e. The van der Waals surface area contributed by atoms with Crippen molar-refractivity contribution >= 4 is 49.1 Å². The molecule has 0 spiro atoms. The lowest BCUT2D eigenvalue weighted by Crippen LogP contribution is -2.71. The second-order valence-corrected chi connectivity index (χ2v) is 36.1. The van der Waals surface area contributed by atoms with Crippen molar-refractivity contribution in [2.24, 2.45) is 11.5 Å². The van der Waals surface area contributed by atoms with Crippen molar-refractivity contribution in [1.29, 1.82) is 0 Å². The Bertz CT molecular complexity index is 3770. The Kier molecular flexibility index (Phi) is 41.0. The van der Waals surface area contributed by atoms with Gasteiger partial charge < -0.3 is 255 Å². The number of rotatable bonds is 45. The highest BCUT2D eigenvalue weighted by Crippen LogP contribution is 2.62. The normalized spacial score (nSPS) is 43.5. The summed E-state index contributed by atoms with van der Waals surface area (Å²) in [6.07, 6.45) is -112. The third-order valence-corrected chi connectivity index (χ3v) is 25.5. The van der Waals surface area contributed by atoms with Gasteiger partial charge in [0, 0.05) is 32.9 Å². The number of aliphatic carboxylic acids is 2. The topological polar surface area (TPSA) is 1040 Å². The molecule has 8 aliphatic rings. The smallest absolute Gasteiger partial charge is 0.477 e. The Balaban J connectivity index is 1.23. The minimum absolute atomic E-state index is 0.543. The Hall–Kier alpha value is -2.83. The maximum absolute atomic E-state index is 13.8. The number of carboxylic acid groups (broad SMARTS) is 2. The second-order valence-electron chi connectivity index (χ2n) is 30.5. The predicted molar refractivity (Wildman–Crippen MR) is 392 cm³/mol. The van der Waals surface area contributed by atoms with E-state index in [1.54, 1.807) is 0 Å². The van der Waals surface area contributed by atoms with Crippen LogP contribution in [0.25, 0.3) is 0 Å². The van der Waals surface area contributed by atoms with Crippen LogP contribution in [0.2, 0.25) is 0 Å². The number of phosphoric acid groups is 4. The molecule has 0 aromatic rings. The molecule has 1 amide bonds. The van der Waals surface area contributed by atoms with E-state index in [0.29, 0.717) is 0 Å². The van der Waals surface area contributed by atoms with Crippen molar-refractivity contribution in [2.45, 2.75) is 289 Å². The molecule has 8 saturated heterocycles. The number of aliphatic hydroxyl groups excluding tert-OH is 25. The highest BCUT2D eigenvalue weighted by Gasteiger charge is 2.66. The summed E-state index contributed by atoms with van der Waals surface area (Å²) in [7, 11) is -23.5. The van der Waals surface area contributed by atoms with Crippen LogP contribution in [0, 0.1) is 0 Å². The van der Waals surface area contributed by atoms with E-state index >= 15 is 0 Å². The van der Waals surface area contributed by atoms with E-state index in [1.807, 2.05) is 0 Å². The van der Waals surface area contributed by atoms with Crippen LogP contribution in [0.3, 0.4) is 0 Å². The summed E-state index contributed by atoms with van der Waals surface area (Å²) >= 11 is 0. The third kappa shape index (κ3) is 26.8. The van der Waals surface area contributed by atoms with Gasteiger partial charge in [-0.25, -0.2) is 27.8 Å². The van der Waals surface area contributed by atoms with Crippen LogP contribution in [-0.4, -0.2) is 533 Å². The predicted octanol–water partition coefficient (Wildman–Crippen LogP) is -20.7. The molecule has 47 atom stereocenters. The Morgan fingerprint density at radius 1 is 0.438 bits per heavy atom. The van der Waals surface area contributed by atoms with E-state index in [4.69, 9.17) is 96.1 Å². The van der Waals surface area contributed by atoms with Gasteiger partial charge in [0.15, 0.2) is 37.7 Å². The van der Waals surface area contributed by atoms with Crippen LogP contribution in [0.5, 0.6) is 0 Å². The first-order chi connectivity index (χ1) is 60.6. The van der Waals surface area contributed by atoms with Gasteiger partial charge in [0.05, 0.1) is 78.2 Å². The van der Waals surface area contributed by atoms with Crippen molar-refractivity contribution < 1.29 is 298 Å². The summed E-state index contributed by atoms with van der Waals surface area (Å²) in [6.45, 7) is -13.9. The van der Waals surface area contributed by atoms with Crippen molar-refractivity contribution in [2.75, 3.05) is 79.2 Å². The van der Waals surface area contributed by atoms with Gasteiger partial charge in [-0.05, 0) is 0 Å². The molecule has 64 nitrogen and oxygen atoms in total. The fourth-order valence-corrected chi connectivity index (χ4v) is 18.4. The van der Waals surface area contributed by atoms with Crippen molar-refractivity contribution in [3.05, 3.63) is 0 Å². The molecule has 0 saturated carbocycles. The van der Waals surface area contributed by atoms with E-state index in [2.05, 4.69) is 18.7 Å². The lowest BCUT2D eigenvalue weighted by molar-refractivity contribution is -0.421. The van der Waals surface area contributed by atoms with Crippen molar-refractivity contribution in [3.63, 3.8) is 0 Å². The standard InChI is InChI=1S/C62H111N3O61P4/c1-16(73)65-27-17(74)6-62(60(94)95,122-47(27)28(79)18(75)8-66)123-48-30(81)23(12-70)109-55(39(48)90)114-44-24(13-71)110-54(38(89)36(44)87)118-50-34(85)32(83)41(19(76)9-67)112-57(50)119-51-35(86)33(84)45(25(14-72)125-128(100,101)106-4-2-63)115-58(51)117-49-40(91)56(113-42(20(77)10-68)52(49)120-53-37(88)31(82)29(80)26(111-53)15-108-127(97,98)99)116-46-22(124-130(104,105)126-129(102,103)107-5-3-64)7-61(96,59(92)93)121-43(46)21(78)11-69/h17-58,66-72,74-91,96H,2-15,63-64H2,1H3,(H,65,73)(H,92,93)(H,94,95)(H,100,101)(H,102,103)(H,104,105)(H2,97,98,99)/t17-,18+,19-,20-,21+,22+,23+,24+,25-,26+,27+,28+,29+,30-,31-,32-,33-,34-,35-,36+,37+,38+,39+,40-,41+,42+,43+,44+,45+,46+,47+,48-,49+,50-,51-,52+,53-,54-,55-,56+,57+,58+,61+,62-/m0/s1.